The fourth-order valence-corrected chi connectivity index (χ4v) is 10.3. The summed E-state index contributed by atoms with van der Waals surface area (Å²) in [6.07, 6.45) is 7.60. The number of nitrogens with two attached hydrogens (primary N) is 2. The number of hydrogen-bond acceptors (Lipinski definition) is 9. The maximum Gasteiger partial charge on any atom is 0.338 e. The first-order valence-corrected chi connectivity index (χ1v) is 21.5. The predicted octanol–water partition coefficient (Wildman–Crippen LogP) is 8.70. The number of H-pyrrole nitrogens is 2. The summed E-state index contributed by atoms with van der Waals surface area (Å²) in [5.41, 5.74) is 21.1. The first-order chi connectivity index (χ1) is 29.0. The molecule has 4 aliphatic rings. The Bertz CT molecular complexity index is 2540. The molecule has 8 N–H and O–H groups in total. The van der Waals surface area contributed by atoms with E-state index >= 15 is 0 Å². The van der Waals surface area contributed by atoms with E-state index in [1.807, 2.05) is 60.7 Å². The fraction of sp³-hybridized carbons (Fsp3) is 0.340. The van der Waals surface area contributed by atoms with Gasteiger partial charge in [-0.05, 0) is 109 Å². The lowest BCUT2D eigenvalue weighted by Gasteiger charge is -2.22. The molecule has 0 saturated heterocycles. The molecule has 2 aromatic heterocycles. The lowest BCUT2D eigenvalue weighted by Crippen LogP contribution is -2.42. The molecule has 2 saturated carbocycles. The largest absolute Gasteiger partial charge is 0.460 e. The summed E-state index contributed by atoms with van der Waals surface area (Å²) >= 11 is 13.6. The maximum absolute atomic E-state index is 15.0. The van der Waals surface area contributed by atoms with Crippen molar-refractivity contribution in [1.29, 1.82) is 0 Å². The highest BCUT2D eigenvalue weighted by molar-refractivity contribution is 6.32. The van der Waals surface area contributed by atoms with Crippen LogP contribution in [0.2, 0.25) is 10.0 Å². The van der Waals surface area contributed by atoms with Crippen molar-refractivity contribution in [2.45, 2.75) is 87.6 Å². The Balaban J connectivity index is 0.933. The van der Waals surface area contributed by atoms with Crippen LogP contribution in [-0.4, -0.2) is 52.0 Å². The van der Waals surface area contributed by atoms with E-state index < -0.39 is 35.1 Å². The van der Waals surface area contributed by atoms with Crippen molar-refractivity contribution in [2.75, 3.05) is 13.2 Å². The van der Waals surface area contributed by atoms with Crippen LogP contribution < -0.4 is 22.1 Å². The van der Waals surface area contributed by atoms with Crippen LogP contribution >= 0.6 is 23.2 Å². The molecule has 2 aliphatic carbocycles. The van der Waals surface area contributed by atoms with Gasteiger partial charge in [-0.3, -0.25) is 15.4 Å². The van der Waals surface area contributed by atoms with Crippen LogP contribution in [0.4, 0.5) is 0 Å². The number of esters is 2. The van der Waals surface area contributed by atoms with Crippen LogP contribution in [0.1, 0.15) is 106 Å². The number of ketones is 1. The number of hydrogen-bond donors (Lipinski definition) is 6. The number of halogens is 2. The van der Waals surface area contributed by atoms with Crippen molar-refractivity contribution in [1.82, 2.24) is 20.6 Å². The van der Waals surface area contributed by atoms with E-state index in [0.29, 0.717) is 34.3 Å². The van der Waals surface area contributed by atoms with E-state index in [4.69, 9.17) is 44.1 Å². The second kappa shape index (κ2) is 15.2. The minimum Gasteiger partial charge on any atom is -0.460 e. The van der Waals surface area contributed by atoms with Crippen LogP contribution in [0.5, 0.6) is 0 Å². The second-order valence-corrected chi connectivity index (χ2v) is 18.1. The minimum absolute atomic E-state index is 0.0679. The van der Waals surface area contributed by atoms with Crippen LogP contribution in [0.3, 0.4) is 0 Å². The van der Waals surface area contributed by atoms with Crippen molar-refractivity contribution < 1.29 is 23.9 Å². The zero-order valence-corrected chi connectivity index (χ0v) is 34.5. The second-order valence-electron chi connectivity index (χ2n) is 17.3. The van der Waals surface area contributed by atoms with E-state index in [1.165, 1.54) is 0 Å². The number of aromatic nitrogens is 2. The molecule has 2 unspecified atom stereocenters. The average Bonchev–Trinajstić information content (AvgIpc) is 4.11. The van der Waals surface area contributed by atoms with Crippen molar-refractivity contribution in [3.63, 3.8) is 0 Å². The van der Waals surface area contributed by atoms with Gasteiger partial charge in [0.25, 0.3) is 0 Å². The van der Waals surface area contributed by atoms with Gasteiger partial charge >= 0.3 is 11.9 Å². The normalized spacial score (nSPS) is 20.1. The average molecular weight is 846 g/mol. The lowest BCUT2D eigenvalue weighted by molar-refractivity contribution is -0.123. The molecule has 0 radical (unpaired) electrons. The molecule has 11 nitrogen and oxygen atoms in total. The van der Waals surface area contributed by atoms with Gasteiger partial charge in [0, 0.05) is 67.5 Å². The predicted molar refractivity (Wildman–Crippen MR) is 233 cm³/mol. The summed E-state index contributed by atoms with van der Waals surface area (Å²) in [7, 11) is 0. The number of carbonyl (C=O) groups is 3. The highest BCUT2D eigenvalue weighted by Crippen LogP contribution is 2.45. The smallest absolute Gasteiger partial charge is 0.338 e. The number of aromatic amines is 2. The molecule has 0 amide bonds. The molecule has 308 valence electrons. The van der Waals surface area contributed by atoms with Gasteiger partial charge in [-0.15, -0.1) is 0 Å². The Hall–Kier alpha value is -5.01. The summed E-state index contributed by atoms with van der Waals surface area (Å²) in [6.45, 7) is 1.23. The topological polar surface area (TPSA) is 177 Å². The van der Waals surface area contributed by atoms with Gasteiger partial charge in [-0.1, -0.05) is 61.0 Å². The third-order valence-electron chi connectivity index (χ3n) is 13.2. The SMILES string of the molecule is NC1(COC(=O)c2ccc3[nH]c(-c4ccc(Cl)c5c4C(C(=O)C4NCc6c(Cl)ccc(-c7cc8cc(C(=O)OCC9(N)CCCC9)ccc8[nH]7)c64)NC5)cc3c2)CCCC1. The Kier molecular flexibility index (Phi) is 9.89. The number of Topliss-reactive ketones (excluding diaryl/α,β-unsaturated/α-hetero) is 1. The lowest BCUT2D eigenvalue weighted by atomic mass is 9.87. The Morgan fingerprint density at radius 2 is 1.02 bits per heavy atom. The highest BCUT2D eigenvalue weighted by atomic mass is 35.5. The quantitative estimate of drug-likeness (QED) is 0.0737. The van der Waals surface area contributed by atoms with Gasteiger partial charge < -0.3 is 30.9 Å². The van der Waals surface area contributed by atoms with Crippen molar-refractivity contribution in [3.8, 4) is 22.5 Å². The van der Waals surface area contributed by atoms with E-state index in [1.54, 1.807) is 12.1 Å². The van der Waals surface area contributed by atoms with E-state index in [9.17, 15) is 14.4 Å². The summed E-state index contributed by atoms with van der Waals surface area (Å²) in [5.74, 6) is -0.874. The van der Waals surface area contributed by atoms with Gasteiger partial charge in [-0.25, -0.2) is 9.59 Å². The molecule has 4 aromatic carbocycles. The Morgan fingerprint density at radius 1 is 0.600 bits per heavy atom. The molecule has 2 atom stereocenters. The van der Waals surface area contributed by atoms with Crippen molar-refractivity contribution in [2.24, 2.45) is 11.5 Å². The Labute approximate surface area is 356 Å². The Morgan fingerprint density at radius 3 is 1.43 bits per heavy atom. The maximum atomic E-state index is 15.0. The fourth-order valence-electron chi connectivity index (χ4n) is 9.87. The number of benzene rings is 4. The van der Waals surface area contributed by atoms with Gasteiger partial charge in [0.05, 0.1) is 34.3 Å². The first kappa shape index (κ1) is 39.1. The van der Waals surface area contributed by atoms with Gasteiger partial charge in [0.1, 0.15) is 13.2 Å². The molecule has 6 aromatic rings. The molecule has 2 aliphatic heterocycles. The van der Waals surface area contributed by atoms with Crippen molar-refractivity contribution in [3.05, 3.63) is 116 Å². The number of rotatable bonds is 10. The van der Waals surface area contributed by atoms with Crippen LogP contribution in [0.25, 0.3) is 44.3 Å². The summed E-state index contributed by atoms with van der Waals surface area (Å²) in [6, 6.07) is 21.1. The molecule has 60 heavy (non-hydrogen) atoms. The van der Waals surface area contributed by atoms with E-state index in [-0.39, 0.29) is 19.0 Å². The standard InChI is InChI=1S/C47H46Cl2N6O5/c48-33-9-7-29(37-19-27-17-25(5-11-35(27)54-37)44(57)59-23-46(50)13-1-2-14-46)39-31(33)21-52-41(39)43(56)42-40-30(8-10-34(49)32(40)22-53-42)38-20-28-18-26(6-12-36(28)55-38)45(58)60-24-47(51)15-3-4-16-47/h5-12,17-20,41-42,52-55H,1-4,13-16,21-24,50-51H2. The molecular weight excluding hydrogens is 799 g/mol. The number of nitrogens with one attached hydrogen (secondary N) is 4. The molecule has 2 fully saturated rings. The van der Waals surface area contributed by atoms with Gasteiger partial charge in [0.2, 0.25) is 0 Å². The zero-order valence-electron chi connectivity index (χ0n) is 33.0. The van der Waals surface area contributed by atoms with E-state index in [0.717, 1.165) is 118 Å². The summed E-state index contributed by atoms with van der Waals surface area (Å²) in [5, 5.41) is 9.75. The van der Waals surface area contributed by atoms with Gasteiger partial charge in [-0.2, -0.15) is 0 Å². The number of carbonyl (C=O) groups excluding carboxylic acids is 3. The zero-order chi connectivity index (χ0) is 41.3. The molecule has 10 rings (SSSR count). The van der Waals surface area contributed by atoms with Crippen LogP contribution in [0, 0.1) is 0 Å². The molecule has 4 heterocycles. The number of fused-ring (bicyclic) bond motifs is 4. The molecular formula is C47H46Cl2N6O5. The monoisotopic (exact) mass is 844 g/mol. The van der Waals surface area contributed by atoms with Crippen LogP contribution in [-0.2, 0) is 27.4 Å². The summed E-state index contributed by atoms with van der Waals surface area (Å²) in [4.78, 5) is 48.2. The third-order valence-corrected chi connectivity index (χ3v) is 13.9. The highest BCUT2D eigenvalue weighted by Gasteiger charge is 2.41. The number of ether oxygens (including phenoxy) is 2. The molecule has 0 bridgehead atoms. The minimum atomic E-state index is -0.687. The molecule has 0 spiro atoms. The van der Waals surface area contributed by atoms with Gasteiger partial charge in [0.15, 0.2) is 5.78 Å². The first-order valence-electron chi connectivity index (χ1n) is 20.8. The van der Waals surface area contributed by atoms with Crippen LogP contribution in [0.15, 0.2) is 72.8 Å². The van der Waals surface area contributed by atoms with Crippen molar-refractivity contribution >= 4 is 62.7 Å². The molecule has 13 heteroatoms. The third kappa shape index (κ3) is 7.01. The summed E-state index contributed by atoms with van der Waals surface area (Å²) < 4.78 is 11.3. The van der Waals surface area contributed by atoms with E-state index in [2.05, 4.69) is 20.6 Å².